The first-order valence-electron chi connectivity index (χ1n) is 7.69. The van der Waals surface area contributed by atoms with Gasteiger partial charge in [-0.1, -0.05) is 0 Å². The lowest BCUT2D eigenvalue weighted by Crippen LogP contribution is -2.49. The summed E-state index contributed by atoms with van der Waals surface area (Å²) >= 11 is 0. The number of carbonyl (C=O) groups excluding carboxylic acids is 2. The lowest BCUT2D eigenvalue weighted by molar-refractivity contribution is -0.163. The first-order chi connectivity index (χ1) is 9.70. The number of methoxy groups -OCH3 is 1. The molecule has 110 valence electrons. The summed E-state index contributed by atoms with van der Waals surface area (Å²) in [6, 6.07) is 0. The van der Waals surface area contributed by atoms with E-state index in [9.17, 15) is 9.59 Å². The van der Waals surface area contributed by atoms with Crippen LogP contribution in [0.1, 0.15) is 19.3 Å². The van der Waals surface area contributed by atoms with Crippen molar-refractivity contribution in [1.82, 2.24) is 4.90 Å². The van der Waals surface area contributed by atoms with Gasteiger partial charge in [0, 0.05) is 12.5 Å². The molecule has 0 aromatic heterocycles. The average Bonchev–Trinajstić information content (AvgIpc) is 2.92. The van der Waals surface area contributed by atoms with Gasteiger partial charge in [0.1, 0.15) is 0 Å². The summed E-state index contributed by atoms with van der Waals surface area (Å²) in [5.74, 6) is 3.04. The first-order valence-corrected chi connectivity index (χ1v) is 7.69. The summed E-state index contributed by atoms with van der Waals surface area (Å²) in [4.78, 5) is 26.0. The van der Waals surface area contributed by atoms with Crippen molar-refractivity contribution in [3.8, 4) is 0 Å². The maximum absolute atomic E-state index is 12.7. The second-order valence-electron chi connectivity index (χ2n) is 6.68. The van der Waals surface area contributed by atoms with Gasteiger partial charge < -0.3 is 14.4 Å². The normalized spacial score (nSPS) is 45.1. The van der Waals surface area contributed by atoms with E-state index < -0.39 is 6.10 Å². The van der Waals surface area contributed by atoms with Gasteiger partial charge in [-0.05, 0) is 42.9 Å². The average molecular weight is 279 g/mol. The Balaban J connectivity index is 1.41. The van der Waals surface area contributed by atoms with Crippen LogP contribution in [-0.2, 0) is 19.1 Å². The van der Waals surface area contributed by atoms with E-state index in [-0.39, 0.29) is 17.8 Å². The molecule has 0 aromatic rings. The minimum absolute atomic E-state index is 0.248. The number of nitrogens with zero attached hydrogens (tertiary/aromatic N) is 1. The zero-order valence-electron chi connectivity index (χ0n) is 11.8. The van der Waals surface area contributed by atoms with E-state index in [4.69, 9.17) is 9.47 Å². The Kier molecular flexibility index (Phi) is 2.81. The van der Waals surface area contributed by atoms with E-state index in [1.54, 1.807) is 0 Å². The molecule has 0 aromatic carbocycles. The van der Waals surface area contributed by atoms with Gasteiger partial charge in [0.05, 0.1) is 20.3 Å². The summed E-state index contributed by atoms with van der Waals surface area (Å²) in [5, 5.41) is 0. The van der Waals surface area contributed by atoms with Crippen molar-refractivity contribution >= 4 is 11.9 Å². The molecule has 0 radical (unpaired) electrons. The molecule has 5 atom stereocenters. The van der Waals surface area contributed by atoms with Gasteiger partial charge in [0.2, 0.25) is 5.91 Å². The van der Waals surface area contributed by atoms with Crippen LogP contribution in [0.15, 0.2) is 0 Å². The number of hydrogen-bond acceptors (Lipinski definition) is 4. The number of fused-ring (bicyclic) bond motifs is 5. The van der Waals surface area contributed by atoms with Crippen LogP contribution in [0.3, 0.4) is 0 Å². The van der Waals surface area contributed by atoms with Crippen LogP contribution in [0.25, 0.3) is 0 Å². The van der Waals surface area contributed by atoms with Crippen molar-refractivity contribution in [1.29, 1.82) is 0 Å². The third-order valence-corrected chi connectivity index (χ3v) is 5.86. The molecule has 4 fully saturated rings. The Labute approximate surface area is 118 Å². The van der Waals surface area contributed by atoms with Crippen LogP contribution in [0.5, 0.6) is 0 Å². The zero-order chi connectivity index (χ0) is 13.9. The molecule has 20 heavy (non-hydrogen) atoms. The summed E-state index contributed by atoms with van der Waals surface area (Å²) < 4.78 is 10.1. The van der Waals surface area contributed by atoms with E-state index in [1.165, 1.54) is 26.4 Å². The molecule has 3 aliphatic carbocycles. The van der Waals surface area contributed by atoms with Crippen LogP contribution in [0.4, 0.5) is 0 Å². The van der Waals surface area contributed by atoms with Gasteiger partial charge in [-0.3, -0.25) is 4.79 Å². The molecule has 1 amide bonds. The summed E-state index contributed by atoms with van der Waals surface area (Å²) in [6.07, 6.45) is 3.40. The smallest absolute Gasteiger partial charge is 0.336 e. The molecule has 1 aliphatic heterocycles. The van der Waals surface area contributed by atoms with Crippen molar-refractivity contribution in [3.63, 3.8) is 0 Å². The Morgan fingerprint density at radius 3 is 2.55 bits per heavy atom. The topological polar surface area (TPSA) is 55.8 Å². The third-order valence-electron chi connectivity index (χ3n) is 5.86. The largest absolute Gasteiger partial charge is 0.467 e. The van der Waals surface area contributed by atoms with Gasteiger partial charge in [0.25, 0.3) is 0 Å². The molecule has 5 heteroatoms. The summed E-state index contributed by atoms with van der Waals surface area (Å²) in [6.45, 7) is 1.40. The quantitative estimate of drug-likeness (QED) is 0.698. The highest BCUT2D eigenvalue weighted by molar-refractivity contribution is 5.84. The maximum atomic E-state index is 12.7. The number of esters is 1. The van der Waals surface area contributed by atoms with Crippen LogP contribution in [-0.4, -0.2) is 49.7 Å². The van der Waals surface area contributed by atoms with Crippen LogP contribution in [0.2, 0.25) is 0 Å². The van der Waals surface area contributed by atoms with E-state index in [0.717, 1.165) is 11.8 Å². The van der Waals surface area contributed by atoms with E-state index in [0.29, 0.717) is 31.5 Å². The molecule has 3 saturated carbocycles. The van der Waals surface area contributed by atoms with E-state index >= 15 is 0 Å². The van der Waals surface area contributed by atoms with Crippen molar-refractivity contribution in [2.75, 3.05) is 26.8 Å². The predicted molar refractivity (Wildman–Crippen MR) is 69.6 cm³/mol. The number of rotatable bonds is 2. The van der Waals surface area contributed by atoms with Crippen LogP contribution >= 0.6 is 0 Å². The minimum atomic E-state index is -0.604. The predicted octanol–water partition coefficient (Wildman–Crippen LogP) is 0.679. The molecular weight excluding hydrogens is 258 g/mol. The fourth-order valence-electron chi connectivity index (χ4n) is 4.99. The lowest BCUT2D eigenvalue weighted by Gasteiger charge is -2.32. The molecule has 1 heterocycles. The van der Waals surface area contributed by atoms with E-state index in [2.05, 4.69) is 0 Å². The number of hydrogen-bond donors (Lipinski definition) is 0. The molecule has 5 nitrogen and oxygen atoms in total. The highest BCUT2D eigenvalue weighted by Crippen LogP contribution is 2.69. The van der Waals surface area contributed by atoms with Crippen LogP contribution in [0, 0.1) is 29.6 Å². The molecule has 0 spiro atoms. The maximum Gasteiger partial charge on any atom is 0.336 e. The second kappa shape index (κ2) is 4.45. The standard InChI is InChI=1S/C15H21NO4/c1-19-15(18)10-7-16(4-5-20-10)14(17)13-11-8-2-3-9(6-8)12(11)13/h8-13H,2-7H2,1H3. The molecule has 5 unspecified atom stereocenters. The van der Waals surface area contributed by atoms with Crippen molar-refractivity contribution < 1.29 is 19.1 Å². The molecule has 0 N–H and O–H groups in total. The van der Waals surface area contributed by atoms with Crippen molar-refractivity contribution in [2.24, 2.45) is 29.6 Å². The highest BCUT2D eigenvalue weighted by Gasteiger charge is 2.68. The number of ether oxygens (including phenoxy) is 2. The minimum Gasteiger partial charge on any atom is -0.467 e. The van der Waals surface area contributed by atoms with Gasteiger partial charge >= 0.3 is 5.97 Å². The SMILES string of the molecule is COC(=O)C1CN(C(=O)C2C3C4CCC(C4)C23)CCO1. The molecule has 4 rings (SSSR count). The number of morpholine rings is 1. The van der Waals surface area contributed by atoms with Gasteiger partial charge in [0.15, 0.2) is 6.10 Å². The third kappa shape index (κ3) is 1.72. The first kappa shape index (κ1) is 12.6. The zero-order valence-corrected chi connectivity index (χ0v) is 11.8. The molecule has 2 bridgehead atoms. The van der Waals surface area contributed by atoms with Crippen molar-refractivity contribution in [3.05, 3.63) is 0 Å². The monoisotopic (exact) mass is 279 g/mol. The molecule has 1 saturated heterocycles. The Morgan fingerprint density at radius 1 is 1.20 bits per heavy atom. The Bertz CT molecular complexity index is 435. The number of amides is 1. The summed E-state index contributed by atoms with van der Waals surface area (Å²) in [7, 11) is 1.36. The van der Waals surface area contributed by atoms with Gasteiger partial charge in [-0.25, -0.2) is 4.79 Å². The van der Waals surface area contributed by atoms with Crippen LogP contribution < -0.4 is 0 Å². The number of carbonyl (C=O) groups is 2. The Hall–Kier alpha value is -1.10. The van der Waals surface area contributed by atoms with Crippen molar-refractivity contribution in [2.45, 2.75) is 25.4 Å². The fourth-order valence-corrected chi connectivity index (χ4v) is 4.99. The van der Waals surface area contributed by atoms with Gasteiger partial charge in [-0.2, -0.15) is 0 Å². The Morgan fingerprint density at radius 2 is 1.90 bits per heavy atom. The second-order valence-corrected chi connectivity index (χ2v) is 6.68. The molecular formula is C15H21NO4. The molecule has 4 aliphatic rings. The highest BCUT2D eigenvalue weighted by atomic mass is 16.6. The lowest BCUT2D eigenvalue weighted by atomic mass is 10.0. The summed E-state index contributed by atoms with van der Waals surface area (Å²) in [5.41, 5.74) is 0. The van der Waals surface area contributed by atoms with Gasteiger partial charge in [-0.15, -0.1) is 0 Å². The fraction of sp³-hybridized carbons (Fsp3) is 0.867. The van der Waals surface area contributed by atoms with E-state index in [1.807, 2.05) is 4.90 Å².